The zero-order chi connectivity index (χ0) is 14.8. The Morgan fingerprint density at radius 2 is 1.95 bits per heavy atom. The second-order valence-electron chi connectivity index (χ2n) is 5.73. The predicted molar refractivity (Wildman–Crippen MR) is 81.1 cm³/mol. The third kappa shape index (κ3) is 3.46. The van der Waals surface area contributed by atoms with E-state index >= 15 is 0 Å². The molecule has 0 aliphatic rings. The number of aliphatic hydroxyl groups is 1. The Hall–Kier alpha value is -1.65. The Kier molecular flexibility index (Phi) is 4.26. The highest BCUT2D eigenvalue weighted by molar-refractivity contribution is 6.30. The van der Waals surface area contributed by atoms with Crippen molar-refractivity contribution < 1.29 is 5.11 Å². The van der Waals surface area contributed by atoms with Crippen LogP contribution in [-0.2, 0) is 0 Å². The molecular weight excluding hydrogens is 274 g/mol. The summed E-state index contributed by atoms with van der Waals surface area (Å²) in [4.78, 5) is 3.94. The first-order valence-corrected chi connectivity index (χ1v) is 6.76. The van der Waals surface area contributed by atoms with Crippen LogP contribution in [0.4, 0.5) is 0 Å². The lowest BCUT2D eigenvalue weighted by Crippen LogP contribution is -2.29. The van der Waals surface area contributed by atoms with Gasteiger partial charge in [0.1, 0.15) is 18.8 Å². The fourth-order valence-corrected chi connectivity index (χ4v) is 1.91. The molecule has 4 nitrogen and oxygen atoms in total. The Morgan fingerprint density at radius 3 is 2.45 bits per heavy atom. The van der Waals surface area contributed by atoms with Crippen molar-refractivity contribution in [2.75, 3.05) is 0 Å². The van der Waals surface area contributed by atoms with Gasteiger partial charge in [-0.3, -0.25) is 0 Å². The van der Waals surface area contributed by atoms with Gasteiger partial charge in [0.15, 0.2) is 0 Å². The fourth-order valence-electron chi connectivity index (χ4n) is 1.79. The number of rotatable bonds is 3. The second kappa shape index (κ2) is 5.77. The topological polar surface area (TPSA) is 50.9 Å². The lowest BCUT2D eigenvalue weighted by atomic mass is 9.86. The van der Waals surface area contributed by atoms with E-state index in [0.29, 0.717) is 10.7 Å². The summed E-state index contributed by atoms with van der Waals surface area (Å²) in [5, 5.41) is 15.3. The summed E-state index contributed by atoms with van der Waals surface area (Å²) in [5.74, 6) is 0. The van der Waals surface area contributed by atoms with E-state index in [1.165, 1.54) is 6.33 Å². The van der Waals surface area contributed by atoms with Crippen molar-refractivity contribution >= 4 is 23.4 Å². The average Bonchev–Trinajstić information content (AvgIpc) is 2.90. The van der Waals surface area contributed by atoms with Crippen LogP contribution in [0.15, 0.2) is 36.9 Å². The molecule has 0 amide bonds. The lowest BCUT2D eigenvalue weighted by molar-refractivity contribution is 0.109. The molecule has 1 aromatic heterocycles. The molecule has 0 saturated carbocycles. The summed E-state index contributed by atoms with van der Waals surface area (Å²) in [7, 11) is 0. The highest BCUT2D eigenvalue weighted by Crippen LogP contribution is 2.28. The summed E-state index contributed by atoms with van der Waals surface area (Å²) in [6, 6.07) is 7.43. The second-order valence-corrected chi connectivity index (χ2v) is 6.17. The minimum Gasteiger partial charge on any atom is -0.386 e. The monoisotopic (exact) mass is 291 g/mol. The molecule has 1 heterocycles. The van der Waals surface area contributed by atoms with E-state index in [-0.39, 0.29) is 5.41 Å². The molecule has 1 atom stereocenters. The smallest absolute Gasteiger partial charge is 0.138 e. The van der Waals surface area contributed by atoms with Crippen molar-refractivity contribution in [2.45, 2.75) is 26.9 Å². The molecule has 1 aromatic carbocycles. The van der Waals surface area contributed by atoms with Crippen LogP contribution in [0, 0.1) is 5.41 Å². The first-order chi connectivity index (χ1) is 9.38. The van der Waals surface area contributed by atoms with Crippen LogP contribution in [0.5, 0.6) is 0 Å². The van der Waals surface area contributed by atoms with Gasteiger partial charge in [-0.1, -0.05) is 44.5 Å². The number of aromatic nitrogens is 3. The summed E-state index contributed by atoms with van der Waals surface area (Å²) in [5.41, 5.74) is 1.32. The van der Waals surface area contributed by atoms with Gasteiger partial charge in [0.25, 0.3) is 0 Å². The largest absolute Gasteiger partial charge is 0.386 e. The molecule has 0 radical (unpaired) electrons. The quantitative estimate of drug-likeness (QED) is 0.943. The normalized spacial score (nSPS) is 14.3. The van der Waals surface area contributed by atoms with Gasteiger partial charge in [0.2, 0.25) is 0 Å². The van der Waals surface area contributed by atoms with Crippen LogP contribution in [0.25, 0.3) is 11.8 Å². The first-order valence-electron chi connectivity index (χ1n) is 6.38. The zero-order valence-corrected chi connectivity index (χ0v) is 12.5. The maximum atomic E-state index is 10.6. The van der Waals surface area contributed by atoms with Gasteiger partial charge in [0, 0.05) is 5.02 Å². The molecule has 0 saturated heterocycles. The van der Waals surface area contributed by atoms with Gasteiger partial charge >= 0.3 is 0 Å². The predicted octanol–water partition coefficient (Wildman–Crippen LogP) is 3.34. The summed E-state index contributed by atoms with van der Waals surface area (Å²) in [6.45, 7) is 5.93. The van der Waals surface area contributed by atoms with Crippen LogP contribution in [-0.4, -0.2) is 26.0 Å². The molecule has 20 heavy (non-hydrogen) atoms. The van der Waals surface area contributed by atoms with Gasteiger partial charge in [-0.2, -0.15) is 5.10 Å². The van der Waals surface area contributed by atoms with Gasteiger partial charge in [0.05, 0.1) is 5.70 Å². The van der Waals surface area contributed by atoms with E-state index < -0.39 is 6.10 Å². The number of benzene rings is 1. The van der Waals surface area contributed by atoms with Crippen LogP contribution in [0.3, 0.4) is 0 Å². The Labute approximate surface area is 123 Å². The summed E-state index contributed by atoms with van der Waals surface area (Å²) < 4.78 is 1.59. The first kappa shape index (κ1) is 14.8. The van der Waals surface area contributed by atoms with Crippen LogP contribution in [0.1, 0.15) is 26.3 Å². The summed E-state index contributed by atoms with van der Waals surface area (Å²) in [6.07, 6.45) is 4.25. The van der Waals surface area contributed by atoms with Gasteiger partial charge in [-0.15, -0.1) is 0 Å². The molecule has 0 bridgehead atoms. The van der Waals surface area contributed by atoms with Crippen LogP contribution in [0.2, 0.25) is 5.02 Å². The van der Waals surface area contributed by atoms with E-state index in [0.717, 1.165) is 5.56 Å². The van der Waals surface area contributed by atoms with E-state index in [1.54, 1.807) is 11.0 Å². The van der Waals surface area contributed by atoms with E-state index in [9.17, 15) is 5.11 Å². The molecule has 1 unspecified atom stereocenters. The number of halogens is 1. The zero-order valence-electron chi connectivity index (χ0n) is 11.8. The van der Waals surface area contributed by atoms with Gasteiger partial charge in [-0.05, 0) is 29.2 Å². The Morgan fingerprint density at radius 1 is 1.30 bits per heavy atom. The molecule has 0 aliphatic carbocycles. The van der Waals surface area contributed by atoms with Crippen LogP contribution >= 0.6 is 11.6 Å². The summed E-state index contributed by atoms with van der Waals surface area (Å²) >= 11 is 5.89. The third-order valence-electron chi connectivity index (χ3n) is 2.97. The highest BCUT2D eigenvalue weighted by Gasteiger charge is 2.27. The van der Waals surface area contributed by atoms with Crippen molar-refractivity contribution in [2.24, 2.45) is 5.41 Å². The van der Waals surface area contributed by atoms with Crippen molar-refractivity contribution in [3.05, 3.63) is 47.5 Å². The van der Waals surface area contributed by atoms with Crippen molar-refractivity contribution in [1.29, 1.82) is 0 Å². The standard InChI is InChI=1S/C15H18ClN3O/c1-15(2,3)14(20)13(19-10-17-9-18-19)8-11-4-6-12(16)7-5-11/h4-10,14,20H,1-3H3/b13-8-. The van der Waals surface area contributed by atoms with E-state index in [2.05, 4.69) is 10.1 Å². The SMILES string of the molecule is CC(C)(C)C(O)/C(=C/c1ccc(Cl)cc1)n1cncn1. The van der Waals surface area contributed by atoms with E-state index in [4.69, 9.17) is 11.6 Å². The Balaban J connectivity index is 2.44. The lowest BCUT2D eigenvalue weighted by Gasteiger charge is -2.27. The van der Waals surface area contributed by atoms with Crippen molar-refractivity contribution in [1.82, 2.24) is 14.8 Å². The molecular formula is C15H18ClN3O. The third-order valence-corrected chi connectivity index (χ3v) is 3.22. The molecule has 2 rings (SSSR count). The molecule has 0 aliphatic heterocycles. The number of aliphatic hydroxyl groups excluding tert-OH is 1. The van der Waals surface area contributed by atoms with Gasteiger partial charge in [-0.25, -0.2) is 9.67 Å². The molecule has 106 valence electrons. The molecule has 0 fully saturated rings. The number of hydrogen-bond donors (Lipinski definition) is 1. The van der Waals surface area contributed by atoms with Crippen molar-refractivity contribution in [3.8, 4) is 0 Å². The van der Waals surface area contributed by atoms with E-state index in [1.807, 2.05) is 51.1 Å². The molecule has 1 N–H and O–H groups in total. The maximum Gasteiger partial charge on any atom is 0.138 e. The molecule has 0 spiro atoms. The molecule has 5 heteroatoms. The number of nitrogens with zero attached hydrogens (tertiary/aromatic N) is 3. The maximum absolute atomic E-state index is 10.6. The average molecular weight is 292 g/mol. The minimum atomic E-state index is -0.667. The molecule has 2 aromatic rings. The highest BCUT2D eigenvalue weighted by atomic mass is 35.5. The Bertz CT molecular complexity index is 583. The fraction of sp³-hybridized carbons (Fsp3) is 0.333. The van der Waals surface area contributed by atoms with Crippen molar-refractivity contribution in [3.63, 3.8) is 0 Å². The van der Waals surface area contributed by atoms with Gasteiger partial charge < -0.3 is 5.11 Å². The van der Waals surface area contributed by atoms with Crippen LogP contribution < -0.4 is 0 Å². The minimum absolute atomic E-state index is 0.301. The number of hydrogen-bond acceptors (Lipinski definition) is 3.